The van der Waals surface area contributed by atoms with E-state index in [9.17, 15) is 4.79 Å². The van der Waals surface area contributed by atoms with Crippen molar-refractivity contribution in [1.29, 1.82) is 0 Å². The van der Waals surface area contributed by atoms with Crippen LogP contribution in [0.25, 0.3) is 0 Å². The van der Waals surface area contributed by atoms with Gasteiger partial charge in [0.25, 0.3) is 5.91 Å². The summed E-state index contributed by atoms with van der Waals surface area (Å²) >= 11 is 1.67. The second-order valence-corrected chi connectivity index (χ2v) is 8.95. The number of piperidine rings is 1. The third-order valence-electron chi connectivity index (χ3n) is 5.73. The van der Waals surface area contributed by atoms with E-state index in [0.717, 1.165) is 30.4 Å². The van der Waals surface area contributed by atoms with Crippen LogP contribution in [0.1, 0.15) is 59.3 Å². The van der Waals surface area contributed by atoms with Gasteiger partial charge in [-0.2, -0.15) is 0 Å². The van der Waals surface area contributed by atoms with Crippen LogP contribution in [-0.4, -0.2) is 23.9 Å². The van der Waals surface area contributed by atoms with Crippen LogP contribution in [0, 0.1) is 5.92 Å². The van der Waals surface area contributed by atoms with Gasteiger partial charge in [0.2, 0.25) is 0 Å². The van der Waals surface area contributed by atoms with E-state index in [4.69, 9.17) is 4.42 Å². The van der Waals surface area contributed by atoms with Crippen LogP contribution in [0.5, 0.6) is 0 Å². The molecule has 0 aliphatic carbocycles. The van der Waals surface area contributed by atoms with E-state index >= 15 is 0 Å². The second-order valence-electron chi connectivity index (χ2n) is 7.81. The monoisotopic (exact) mass is 408 g/mol. The second kappa shape index (κ2) is 8.97. The van der Waals surface area contributed by atoms with Crippen LogP contribution in [0.3, 0.4) is 0 Å². The minimum atomic E-state index is -0.195. The molecule has 4 rings (SSSR count). The van der Waals surface area contributed by atoms with Crippen molar-refractivity contribution >= 4 is 22.2 Å². The summed E-state index contributed by atoms with van der Waals surface area (Å²) in [5.41, 5.74) is 2.46. The van der Waals surface area contributed by atoms with Crippen molar-refractivity contribution in [3.63, 3.8) is 0 Å². The number of amides is 1. The molecule has 1 aliphatic rings. The SMILES string of the molecule is CCc1cc(C(c2ccccc2)N2CCC(C)CC2)c(NC(=O)c2ccco2)s1. The first kappa shape index (κ1) is 19.9. The van der Waals surface area contributed by atoms with E-state index in [1.54, 1.807) is 23.5 Å². The van der Waals surface area contributed by atoms with Crippen molar-refractivity contribution in [2.45, 2.75) is 39.2 Å². The molecule has 1 N–H and O–H groups in total. The lowest BCUT2D eigenvalue weighted by molar-refractivity contribution is 0.0996. The number of hydrogen-bond acceptors (Lipinski definition) is 4. The van der Waals surface area contributed by atoms with Crippen molar-refractivity contribution in [3.8, 4) is 0 Å². The van der Waals surface area contributed by atoms with E-state index in [2.05, 4.69) is 60.5 Å². The number of hydrogen-bond donors (Lipinski definition) is 1. The van der Waals surface area contributed by atoms with Crippen LogP contribution >= 0.6 is 11.3 Å². The first-order valence-electron chi connectivity index (χ1n) is 10.4. The Kier molecular flexibility index (Phi) is 6.16. The summed E-state index contributed by atoms with van der Waals surface area (Å²) in [4.78, 5) is 16.5. The number of carbonyl (C=O) groups excluding carboxylic acids is 1. The lowest BCUT2D eigenvalue weighted by atomic mass is 9.92. The first-order valence-corrected chi connectivity index (χ1v) is 11.2. The summed E-state index contributed by atoms with van der Waals surface area (Å²) in [7, 11) is 0. The van der Waals surface area contributed by atoms with Gasteiger partial charge in [-0.05, 0) is 62.0 Å². The van der Waals surface area contributed by atoms with Gasteiger partial charge < -0.3 is 9.73 Å². The highest BCUT2D eigenvalue weighted by molar-refractivity contribution is 7.16. The Morgan fingerprint density at radius 3 is 2.62 bits per heavy atom. The number of anilines is 1. The summed E-state index contributed by atoms with van der Waals surface area (Å²) in [6.45, 7) is 6.64. The highest BCUT2D eigenvalue weighted by atomic mass is 32.1. The maximum absolute atomic E-state index is 12.7. The maximum Gasteiger partial charge on any atom is 0.291 e. The molecule has 0 radical (unpaired) electrons. The van der Waals surface area contributed by atoms with E-state index in [0.29, 0.717) is 5.76 Å². The molecule has 0 bridgehead atoms. The van der Waals surface area contributed by atoms with Gasteiger partial charge in [-0.25, -0.2) is 0 Å². The molecule has 1 aromatic carbocycles. The third kappa shape index (κ3) is 4.46. The van der Waals surface area contributed by atoms with Crippen molar-refractivity contribution in [2.75, 3.05) is 18.4 Å². The standard InChI is InChI=1S/C24H28N2O2S/c1-3-19-16-20(24(29-19)25-23(27)21-10-7-15-28-21)22(18-8-5-4-6-9-18)26-13-11-17(2)12-14-26/h4-10,15-17,22H,3,11-14H2,1-2H3,(H,25,27). The van der Waals surface area contributed by atoms with Gasteiger partial charge in [0.15, 0.2) is 5.76 Å². The molecule has 0 saturated carbocycles. The van der Waals surface area contributed by atoms with E-state index in [1.165, 1.54) is 35.1 Å². The zero-order valence-corrected chi connectivity index (χ0v) is 17.9. The Morgan fingerprint density at radius 2 is 1.97 bits per heavy atom. The number of nitrogens with zero attached hydrogens (tertiary/aromatic N) is 1. The lowest BCUT2D eigenvalue weighted by Crippen LogP contribution is -2.37. The summed E-state index contributed by atoms with van der Waals surface area (Å²) < 4.78 is 5.30. The largest absolute Gasteiger partial charge is 0.459 e. The minimum Gasteiger partial charge on any atom is -0.459 e. The minimum absolute atomic E-state index is 0.146. The van der Waals surface area contributed by atoms with Gasteiger partial charge in [0.05, 0.1) is 12.3 Å². The van der Waals surface area contributed by atoms with Gasteiger partial charge in [0.1, 0.15) is 5.00 Å². The summed E-state index contributed by atoms with van der Waals surface area (Å²) in [6.07, 6.45) is 4.90. The summed E-state index contributed by atoms with van der Waals surface area (Å²) in [5, 5.41) is 4.05. The Balaban J connectivity index is 1.71. The van der Waals surface area contributed by atoms with E-state index in [1.807, 2.05) is 0 Å². The normalized spacial score (nSPS) is 16.6. The molecule has 152 valence electrons. The molecule has 2 aromatic heterocycles. The van der Waals surface area contributed by atoms with Crippen LogP contribution in [0.4, 0.5) is 5.00 Å². The Hall–Kier alpha value is -2.37. The number of benzene rings is 1. The molecule has 1 atom stereocenters. The topological polar surface area (TPSA) is 45.5 Å². The van der Waals surface area contributed by atoms with Crippen molar-refractivity contribution in [2.24, 2.45) is 5.92 Å². The predicted molar refractivity (Wildman–Crippen MR) is 119 cm³/mol. The van der Waals surface area contributed by atoms with Gasteiger partial charge >= 0.3 is 0 Å². The molecule has 1 fully saturated rings. The van der Waals surface area contributed by atoms with E-state index in [-0.39, 0.29) is 11.9 Å². The van der Waals surface area contributed by atoms with Gasteiger partial charge in [-0.15, -0.1) is 11.3 Å². The molecule has 3 aromatic rings. The highest BCUT2D eigenvalue weighted by Gasteiger charge is 2.29. The molecule has 1 unspecified atom stereocenters. The average Bonchev–Trinajstić information content (AvgIpc) is 3.41. The maximum atomic E-state index is 12.7. The fourth-order valence-corrected chi connectivity index (χ4v) is 5.04. The Bertz CT molecular complexity index is 925. The molecule has 29 heavy (non-hydrogen) atoms. The molecule has 0 spiro atoms. The Morgan fingerprint density at radius 1 is 1.21 bits per heavy atom. The molecule has 4 nitrogen and oxygen atoms in total. The number of furan rings is 1. The lowest BCUT2D eigenvalue weighted by Gasteiger charge is -2.37. The number of carbonyl (C=O) groups is 1. The van der Waals surface area contributed by atoms with Crippen molar-refractivity contribution in [3.05, 3.63) is 76.6 Å². The predicted octanol–water partition coefficient (Wildman–Crippen LogP) is 5.98. The van der Waals surface area contributed by atoms with Gasteiger partial charge in [-0.3, -0.25) is 9.69 Å². The summed E-state index contributed by atoms with van der Waals surface area (Å²) in [6, 6.07) is 16.5. The number of likely N-dealkylation sites (tertiary alicyclic amines) is 1. The molecule has 1 saturated heterocycles. The molecular weight excluding hydrogens is 380 g/mol. The zero-order valence-electron chi connectivity index (χ0n) is 17.1. The zero-order chi connectivity index (χ0) is 20.2. The number of thiophene rings is 1. The third-order valence-corrected chi connectivity index (χ3v) is 6.94. The van der Waals surface area contributed by atoms with Crippen molar-refractivity contribution < 1.29 is 9.21 Å². The molecule has 3 heterocycles. The van der Waals surface area contributed by atoms with Crippen LogP contribution in [0.2, 0.25) is 0 Å². The fraction of sp³-hybridized carbons (Fsp3) is 0.375. The fourth-order valence-electron chi connectivity index (χ4n) is 4.02. The smallest absolute Gasteiger partial charge is 0.291 e. The molecule has 1 aliphatic heterocycles. The summed E-state index contributed by atoms with van der Waals surface area (Å²) in [5.74, 6) is 0.916. The van der Waals surface area contributed by atoms with Gasteiger partial charge in [0, 0.05) is 10.4 Å². The quantitative estimate of drug-likeness (QED) is 0.546. The van der Waals surface area contributed by atoms with Crippen LogP contribution in [-0.2, 0) is 6.42 Å². The van der Waals surface area contributed by atoms with Crippen molar-refractivity contribution in [1.82, 2.24) is 4.90 Å². The number of rotatable bonds is 6. The van der Waals surface area contributed by atoms with Crippen LogP contribution in [0.15, 0.2) is 59.2 Å². The number of nitrogens with one attached hydrogen (secondary N) is 1. The van der Waals surface area contributed by atoms with Gasteiger partial charge in [-0.1, -0.05) is 44.2 Å². The molecular formula is C24H28N2O2S. The Labute approximate surface area is 176 Å². The average molecular weight is 409 g/mol. The first-order chi connectivity index (χ1) is 14.2. The van der Waals surface area contributed by atoms with Crippen LogP contribution < -0.4 is 5.32 Å². The van der Waals surface area contributed by atoms with E-state index < -0.39 is 0 Å². The highest BCUT2D eigenvalue weighted by Crippen LogP contribution is 2.40. The molecule has 1 amide bonds. The number of aryl methyl sites for hydroxylation is 1. The molecule has 5 heteroatoms.